The Morgan fingerprint density at radius 3 is 2.76 bits per heavy atom. The Morgan fingerprint density at radius 1 is 1.59 bits per heavy atom. The molecule has 1 heterocycles. The Bertz CT molecular complexity index is 454. The summed E-state index contributed by atoms with van der Waals surface area (Å²) in [5, 5.41) is 9.10. The van der Waals surface area contributed by atoms with Crippen LogP contribution in [0.2, 0.25) is 0 Å². The molecule has 1 aliphatic carbocycles. The van der Waals surface area contributed by atoms with Gasteiger partial charge in [-0.3, -0.25) is 0 Å². The first-order valence-corrected chi connectivity index (χ1v) is 6.36. The number of nitriles is 1. The molecule has 2 N–H and O–H groups in total. The first kappa shape index (κ1) is 13.8. The van der Waals surface area contributed by atoms with Gasteiger partial charge in [-0.05, 0) is 36.5 Å². The van der Waals surface area contributed by atoms with Crippen LogP contribution in [0.3, 0.4) is 0 Å². The summed E-state index contributed by atoms with van der Waals surface area (Å²) in [5.74, 6) is 0.317. The lowest BCUT2D eigenvalue weighted by atomic mass is 9.80. The van der Waals surface area contributed by atoms with Gasteiger partial charge in [0.25, 0.3) is 0 Å². The highest BCUT2D eigenvalue weighted by atomic mass is 32.1. The minimum Gasteiger partial charge on any atom is -0.327 e. The number of rotatable bonds is 1. The second-order valence-electron chi connectivity index (χ2n) is 4.15. The fourth-order valence-electron chi connectivity index (χ4n) is 2.36. The molecule has 2 unspecified atom stereocenters. The van der Waals surface area contributed by atoms with Crippen molar-refractivity contribution in [3.05, 3.63) is 16.0 Å². The average molecular weight is 242 g/mol. The molecule has 2 radical (unpaired) electrons. The summed E-state index contributed by atoms with van der Waals surface area (Å²) in [4.78, 5) is 1.28. The molecule has 0 bridgehead atoms. The summed E-state index contributed by atoms with van der Waals surface area (Å²) in [6, 6.07) is 2.32. The normalized spacial score (nSPS) is 19.4. The summed E-state index contributed by atoms with van der Waals surface area (Å²) >= 11 is 1.56. The Balaban J connectivity index is 0.000000686. The van der Waals surface area contributed by atoms with E-state index in [0.717, 1.165) is 24.8 Å². The number of thiophene rings is 1. The average Bonchev–Trinajstić information content (AvgIpc) is 2.66. The van der Waals surface area contributed by atoms with Gasteiger partial charge < -0.3 is 5.73 Å². The Hall–Kier alpha value is -1.23. The lowest BCUT2D eigenvalue weighted by Gasteiger charge is -2.26. The summed E-state index contributed by atoms with van der Waals surface area (Å²) < 4.78 is 0.662. The highest BCUT2D eigenvalue weighted by molar-refractivity contribution is 7.20. The van der Waals surface area contributed by atoms with Crippen LogP contribution in [-0.2, 0) is 6.42 Å². The van der Waals surface area contributed by atoms with E-state index in [9.17, 15) is 0 Å². The SMILES string of the molecule is C#C.[B]c1sc2c(c1C#N)C(C(C)N)CCC2. The second kappa shape index (κ2) is 5.91. The molecule has 17 heavy (non-hydrogen) atoms. The molecular weight excluding hydrogens is 227 g/mol. The predicted molar refractivity (Wildman–Crippen MR) is 73.6 cm³/mol. The zero-order valence-corrected chi connectivity index (χ0v) is 10.8. The van der Waals surface area contributed by atoms with Gasteiger partial charge in [-0.1, -0.05) is 0 Å². The van der Waals surface area contributed by atoms with Crippen molar-refractivity contribution < 1.29 is 0 Å². The van der Waals surface area contributed by atoms with Crippen molar-refractivity contribution in [1.82, 2.24) is 0 Å². The number of terminal acetylenes is 1. The maximum atomic E-state index is 9.10. The second-order valence-corrected chi connectivity index (χ2v) is 5.28. The lowest BCUT2D eigenvalue weighted by Crippen LogP contribution is -2.28. The van der Waals surface area contributed by atoms with E-state index in [0.29, 0.717) is 16.3 Å². The van der Waals surface area contributed by atoms with Crippen LogP contribution in [0, 0.1) is 24.2 Å². The van der Waals surface area contributed by atoms with Crippen LogP contribution in [0.5, 0.6) is 0 Å². The topological polar surface area (TPSA) is 49.8 Å². The molecule has 0 saturated heterocycles. The van der Waals surface area contributed by atoms with Gasteiger partial charge in [0.05, 0.1) is 11.6 Å². The highest BCUT2D eigenvalue weighted by Gasteiger charge is 2.28. The molecule has 0 saturated carbocycles. The van der Waals surface area contributed by atoms with Crippen LogP contribution in [-0.4, -0.2) is 13.9 Å². The fourth-order valence-corrected chi connectivity index (χ4v) is 3.49. The van der Waals surface area contributed by atoms with Crippen molar-refractivity contribution in [2.45, 2.75) is 38.1 Å². The molecule has 0 aromatic carbocycles. The van der Waals surface area contributed by atoms with E-state index in [-0.39, 0.29) is 6.04 Å². The largest absolute Gasteiger partial charge is 0.327 e. The van der Waals surface area contributed by atoms with Gasteiger partial charge in [-0.15, -0.1) is 12.8 Å². The Kier molecular flexibility index (Phi) is 4.81. The third-order valence-corrected chi connectivity index (χ3v) is 4.18. The molecular formula is C13H15BN2S. The zero-order chi connectivity index (χ0) is 13.0. The first-order valence-electron chi connectivity index (χ1n) is 5.55. The molecule has 86 valence electrons. The van der Waals surface area contributed by atoms with Gasteiger partial charge in [-0.25, -0.2) is 0 Å². The van der Waals surface area contributed by atoms with Crippen LogP contribution < -0.4 is 10.5 Å². The summed E-state index contributed by atoms with van der Waals surface area (Å²) in [6.45, 7) is 2.01. The number of hydrogen-bond acceptors (Lipinski definition) is 3. The van der Waals surface area contributed by atoms with E-state index in [4.69, 9.17) is 18.8 Å². The summed E-state index contributed by atoms with van der Waals surface area (Å²) in [7, 11) is 5.85. The maximum absolute atomic E-state index is 9.10. The molecule has 0 spiro atoms. The Morgan fingerprint density at radius 2 is 2.24 bits per heavy atom. The minimum atomic E-state index is 0.102. The van der Waals surface area contributed by atoms with Crippen LogP contribution in [0.15, 0.2) is 0 Å². The van der Waals surface area contributed by atoms with E-state index in [1.807, 2.05) is 6.92 Å². The van der Waals surface area contributed by atoms with Crippen LogP contribution in [0.4, 0.5) is 0 Å². The third kappa shape index (κ3) is 2.55. The van der Waals surface area contributed by atoms with Crippen molar-refractivity contribution in [2.75, 3.05) is 0 Å². The maximum Gasteiger partial charge on any atom is 0.130 e. The van der Waals surface area contributed by atoms with Crippen LogP contribution >= 0.6 is 11.3 Å². The zero-order valence-electron chi connectivity index (χ0n) is 9.94. The fraction of sp³-hybridized carbons (Fsp3) is 0.462. The smallest absolute Gasteiger partial charge is 0.130 e. The molecule has 1 aromatic rings. The standard InChI is InChI=1S/C11H13BN2S.C2H2/c1-6(14)7-3-2-4-9-10(7)8(5-13)11(12)15-9;1-2/h6-7H,2-4,14H2,1H3;1-2H. The minimum absolute atomic E-state index is 0.102. The van der Waals surface area contributed by atoms with E-state index >= 15 is 0 Å². The molecule has 2 rings (SSSR count). The molecule has 1 aromatic heterocycles. The first-order chi connectivity index (χ1) is 8.15. The number of fused-ring (bicyclic) bond motifs is 1. The van der Waals surface area contributed by atoms with Crippen molar-refractivity contribution in [3.8, 4) is 18.9 Å². The van der Waals surface area contributed by atoms with Crippen molar-refractivity contribution in [3.63, 3.8) is 0 Å². The van der Waals surface area contributed by atoms with Crippen molar-refractivity contribution >= 4 is 24.0 Å². The highest BCUT2D eigenvalue weighted by Crippen LogP contribution is 2.37. The van der Waals surface area contributed by atoms with Gasteiger partial charge in [0.2, 0.25) is 0 Å². The van der Waals surface area contributed by atoms with Gasteiger partial charge >= 0.3 is 0 Å². The van der Waals surface area contributed by atoms with Gasteiger partial charge in [0.1, 0.15) is 7.85 Å². The molecule has 0 aliphatic heterocycles. The summed E-state index contributed by atoms with van der Waals surface area (Å²) in [5.41, 5.74) is 7.79. The lowest BCUT2D eigenvalue weighted by molar-refractivity contribution is 0.489. The molecule has 0 amide bonds. The quantitative estimate of drug-likeness (QED) is 0.598. The number of nitrogens with zero attached hydrogens (tertiary/aromatic N) is 1. The van der Waals surface area contributed by atoms with Gasteiger partial charge in [-0.2, -0.15) is 16.6 Å². The molecule has 2 nitrogen and oxygen atoms in total. The van der Waals surface area contributed by atoms with Crippen molar-refractivity contribution in [1.29, 1.82) is 5.26 Å². The van der Waals surface area contributed by atoms with Crippen LogP contribution in [0.1, 0.15) is 41.7 Å². The monoisotopic (exact) mass is 242 g/mol. The van der Waals surface area contributed by atoms with E-state index < -0.39 is 0 Å². The molecule has 4 heteroatoms. The van der Waals surface area contributed by atoms with Crippen LogP contribution in [0.25, 0.3) is 0 Å². The summed E-state index contributed by atoms with van der Waals surface area (Å²) in [6.07, 6.45) is 11.3. The van der Waals surface area contributed by atoms with Gasteiger partial charge in [0, 0.05) is 16.8 Å². The van der Waals surface area contributed by atoms with E-state index in [2.05, 4.69) is 18.9 Å². The Labute approximate surface area is 108 Å². The number of aryl methyl sites for hydroxylation is 1. The molecule has 2 atom stereocenters. The predicted octanol–water partition coefficient (Wildman–Crippen LogP) is 1.43. The van der Waals surface area contributed by atoms with E-state index in [1.54, 1.807) is 11.3 Å². The number of nitrogens with two attached hydrogens (primary N) is 1. The molecule has 0 fully saturated rings. The third-order valence-electron chi connectivity index (χ3n) is 3.09. The molecule has 1 aliphatic rings. The van der Waals surface area contributed by atoms with Crippen molar-refractivity contribution in [2.24, 2.45) is 5.73 Å². The van der Waals surface area contributed by atoms with E-state index in [1.165, 1.54) is 4.88 Å². The number of hydrogen-bond donors (Lipinski definition) is 1. The van der Waals surface area contributed by atoms with Gasteiger partial charge in [0.15, 0.2) is 0 Å².